The van der Waals surface area contributed by atoms with Crippen molar-refractivity contribution in [3.05, 3.63) is 218 Å². The molecule has 7 atom stereocenters. The van der Waals surface area contributed by atoms with E-state index in [1.54, 1.807) is 49.1 Å². The molecule has 4 aliphatic rings. The summed E-state index contributed by atoms with van der Waals surface area (Å²) in [6.45, 7) is 10.2. The fraction of sp³-hybridized carbons (Fsp3) is 0.350. The number of aryl methyl sites for hydroxylation is 1. The summed E-state index contributed by atoms with van der Waals surface area (Å²) < 4.78 is 246. The Morgan fingerprint density at radius 1 is 0.364 bits per heavy atom. The van der Waals surface area contributed by atoms with Crippen molar-refractivity contribution in [1.82, 2.24) is 147 Å². The zero-order valence-electron chi connectivity index (χ0n) is 69.2. The van der Waals surface area contributed by atoms with Gasteiger partial charge in [-0.3, -0.25) is 31.6 Å². The Balaban J connectivity index is 0.000000123. The number of H-pyrrole nitrogens is 1. The van der Waals surface area contributed by atoms with E-state index in [-0.39, 0.29) is 87.7 Å². The molecule has 52 heteroatoms. The maximum atomic E-state index is 13.2. The Kier molecular flexibility index (Phi) is 24.0. The Morgan fingerprint density at radius 2 is 0.780 bits per heavy atom. The van der Waals surface area contributed by atoms with E-state index in [9.17, 15) is 79.0 Å². The van der Waals surface area contributed by atoms with Gasteiger partial charge in [0.05, 0.1) is 91.3 Å². The molecule has 20 heterocycles. The first kappa shape index (κ1) is 89.5. The molecule has 0 saturated carbocycles. The van der Waals surface area contributed by atoms with Gasteiger partial charge in [-0.2, -0.15) is 94.3 Å². The zero-order chi connectivity index (χ0) is 93.1. The lowest BCUT2D eigenvalue weighted by Crippen LogP contribution is -2.56. The fourth-order valence-electron chi connectivity index (χ4n) is 15.9. The van der Waals surface area contributed by atoms with Crippen LogP contribution in [0.3, 0.4) is 0 Å². The van der Waals surface area contributed by atoms with E-state index < -0.39 is 77.4 Å². The molecular weight excluding hydrogens is 1780 g/mol. The van der Waals surface area contributed by atoms with Crippen molar-refractivity contribution in [2.45, 2.75) is 126 Å². The number of rotatable bonds is 12. The summed E-state index contributed by atoms with van der Waals surface area (Å²) >= 11 is 0. The van der Waals surface area contributed by atoms with Gasteiger partial charge in [0.2, 0.25) is 5.82 Å². The number of hydrogen-bond donors (Lipinski definition) is 3. The molecule has 0 aromatic carbocycles. The van der Waals surface area contributed by atoms with Crippen molar-refractivity contribution >= 4 is 45.9 Å². The summed E-state index contributed by atoms with van der Waals surface area (Å²) in [7, 11) is 1.90. The van der Waals surface area contributed by atoms with Gasteiger partial charge in [-0.25, -0.2) is 84.7 Å². The zero-order valence-corrected chi connectivity index (χ0v) is 69.2. The maximum absolute atomic E-state index is 13.2. The molecule has 0 radical (unpaired) electrons. The molecule has 688 valence electrons. The minimum Gasteiger partial charge on any atom is -0.354 e. The van der Waals surface area contributed by atoms with Crippen LogP contribution in [0.5, 0.6) is 0 Å². The summed E-state index contributed by atoms with van der Waals surface area (Å²) in [4.78, 5) is 79.3. The molecule has 0 spiro atoms. The summed E-state index contributed by atoms with van der Waals surface area (Å²) in [6, 6.07) is 10.9. The molecule has 20 rings (SSSR count). The number of piperidine rings is 2. The van der Waals surface area contributed by atoms with Crippen molar-refractivity contribution in [2.24, 2.45) is 7.05 Å². The summed E-state index contributed by atoms with van der Waals surface area (Å²) in [6.07, 6.45) is 3.30. The minimum atomic E-state index is -4.64. The fourth-order valence-corrected chi connectivity index (χ4v) is 15.9. The highest BCUT2D eigenvalue weighted by molar-refractivity contribution is 5.63. The lowest BCUT2D eigenvalue weighted by Gasteiger charge is -2.43. The van der Waals surface area contributed by atoms with Crippen molar-refractivity contribution < 1.29 is 79.0 Å². The minimum absolute atomic E-state index is 0.0564. The maximum Gasteiger partial charge on any atom is 0.449 e. The number of hydrogen-bond acceptors (Lipinski definition) is 26. The first-order valence-electron chi connectivity index (χ1n) is 40.5. The van der Waals surface area contributed by atoms with Crippen LogP contribution in [-0.4, -0.2) is 201 Å². The van der Waals surface area contributed by atoms with E-state index in [0.29, 0.717) is 79.3 Å². The van der Waals surface area contributed by atoms with Gasteiger partial charge in [-0.05, 0) is 88.9 Å². The normalized spacial score (nSPS) is 19.1. The van der Waals surface area contributed by atoms with Gasteiger partial charge in [0.1, 0.15) is 46.0 Å². The first-order chi connectivity index (χ1) is 62.8. The Hall–Kier alpha value is -14.5. The average Bonchev–Trinajstić information content (AvgIpc) is 1.61. The van der Waals surface area contributed by atoms with Gasteiger partial charge in [0, 0.05) is 145 Å². The quantitative estimate of drug-likeness (QED) is 0.0956. The van der Waals surface area contributed by atoms with Gasteiger partial charge in [-0.15, -0.1) is 0 Å². The number of piperazine rings is 2. The third-order valence-corrected chi connectivity index (χ3v) is 22.2. The van der Waals surface area contributed by atoms with E-state index >= 15 is 0 Å². The van der Waals surface area contributed by atoms with Crippen LogP contribution in [0.1, 0.15) is 116 Å². The summed E-state index contributed by atoms with van der Waals surface area (Å²) in [5.74, 6) is 2.17. The van der Waals surface area contributed by atoms with E-state index in [1.165, 1.54) is 65.7 Å². The lowest BCUT2D eigenvalue weighted by atomic mass is 9.99. The summed E-state index contributed by atoms with van der Waals surface area (Å²) in [5, 5.41) is 19.1. The Morgan fingerprint density at radius 3 is 1.17 bits per heavy atom. The van der Waals surface area contributed by atoms with Crippen LogP contribution < -0.4 is 30.2 Å². The molecule has 0 aliphatic carbocycles. The molecule has 0 bridgehead atoms. The predicted octanol–water partition coefficient (Wildman–Crippen LogP) is 13.9. The van der Waals surface area contributed by atoms with Gasteiger partial charge in [0.25, 0.3) is 0 Å². The van der Waals surface area contributed by atoms with E-state index in [4.69, 9.17) is 0 Å². The van der Waals surface area contributed by atoms with E-state index in [0.717, 1.165) is 106 Å². The number of nitrogens with zero attached hydrogens (tertiary/aromatic N) is 31. The van der Waals surface area contributed by atoms with Crippen LogP contribution in [-0.2, 0) is 44.1 Å². The molecule has 34 nitrogen and oxygen atoms in total. The number of nitrogens with one attached hydrogen (secondary N) is 3. The molecule has 16 aromatic rings. The number of alkyl halides is 18. The molecule has 132 heavy (non-hydrogen) atoms. The van der Waals surface area contributed by atoms with Gasteiger partial charge in [-0.1, -0.05) is 0 Å². The van der Waals surface area contributed by atoms with Gasteiger partial charge < -0.3 is 35.2 Å². The van der Waals surface area contributed by atoms with E-state index in [2.05, 4.69) is 132 Å². The van der Waals surface area contributed by atoms with Crippen LogP contribution in [0, 0.1) is 0 Å². The highest BCUT2D eigenvalue weighted by Crippen LogP contribution is 2.39. The predicted molar refractivity (Wildman–Crippen MR) is 433 cm³/mol. The third kappa shape index (κ3) is 19.2. The van der Waals surface area contributed by atoms with Crippen molar-refractivity contribution in [3.63, 3.8) is 0 Å². The molecular formula is C80H72F18N34. The molecule has 0 amide bonds. The van der Waals surface area contributed by atoms with Gasteiger partial charge >= 0.3 is 37.1 Å². The average molecular weight is 1850 g/mol. The second-order valence-electron chi connectivity index (χ2n) is 31.2. The van der Waals surface area contributed by atoms with Crippen LogP contribution in [0.4, 0.5) is 102 Å². The molecule has 4 aliphatic heterocycles. The van der Waals surface area contributed by atoms with Crippen molar-refractivity contribution in [1.29, 1.82) is 0 Å². The van der Waals surface area contributed by atoms with Crippen molar-refractivity contribution in [3.8, 4) is 46.1 Å². The number of imidazole rings is 5. The van der Waals surface area contributed by atoms with Crippen LogP contribution in [0.25, 0.3) is 68.7 Å². The lowest BCUT2D eigenvalue weighted by molar-refractivity contribution is -0.144. The monoisotopic (exact) mass is 1850 g/mol. The number of aromatic nitrogens is 28. The van der Waals surface area contributed by atoms with Crippen LogP contribution in [0.15, 0.2) is 173 Å². The summed E-state index contributed by atoms with van der Waals surface area (Å²) in [5.41, 5.74) is -1.59. The first-order valence-corrected chi connectivity index (χ1v) is 40.5. The molecule has 16 aromatic heterocycles. The Bertz CT molecular complexity index is 6740. The van der Waals surface area contributed by atoms with E-state index in [1.807, 2.05) is 58.4 Å². The highest BCUT2D eigenvalue weighted by atomic mass is 19.4. The molecule has 4 saturated heterocycles. The topological polar surface area (TPSA) is 343 Å². The molecule has 7 unspecified atom stereocenters. The van der Waals surface area contributed by atoms with Crippen LogP contribution in [0.2, 0.25) is 0 Å². The SMILES string of the molecule is CC1CN(c2ccnc(-c3cnc4cnc(C(F)(F)F)cn34)n2)C(C)C(c2cnc(C(F)(F)F)[nH]2)N1.CC1CN(c2ccnc(-c3cnc4cnc(C(F)(F)F)cn34)n2)CC(c2ccnn2C)N1.FC(F)(F)c1cn2c(-c3nccc(N4CCCC(n5ccc(C(F)(F)F)n5)C4)n3)cnc2cn1.FC(F)(F)c1cn2c(-c3nccc(N4CCCC(n5cccn5)C4)n3)cnc2cn1. The van der Waals surface area contributed by atoms with Crippen LogP contribution >= 0.6 is 0 Å². The number of aromatic amines is 1. The second-order valence-corrected chi connectivity index (χ2v) is 31.2. The number of fused-ring (bicyclic) bond motifs is 4. The number of anilines is 4. The van der Waals surface area contributed by atoms with Gasteiger partial charge in [0.15, 0.2) is 74.4 Å². The molecule has 4 fully saturated rings. The smallest absolute Gasteiger partial charge is 0.354 e. The van der Waals surface area contributed by atoms with Crippen molar-refractivity contribution in [2.75, 3.05) is 65.4 Å². The third-order valence-electron chi connectivity index (χ3n) is 22.2. The number of halogens is 18. The second kappa shape index (κ2) is 35.4. The highest BCUT2D eigenvalue weighted by Gasteiger charge is 2.42. The molecule has 3 N–H and O–H groups in total. The standard InChI is InChI=1S/C21H19F6N9.C20H16F6N8.C20H20F3N9.C19H17F3N8/c1-10-8-35(11(2)17(32-10)12-5-31-19(33-12)21(25,26)27)15-3-4-28-18(34-15)13-6-30-16-7-29-14(9-36(13)16)20(22,23)24;21-19(22,23)14-4-7-34(31-14)12-2-1-6-32(10-12)16-3-5-27-18(30-16)13-8-29-17-9-28-15(11-33(13)17)20(24,25)26;1-12-9-31(10-13(28-12)14-3-6-27-30(14)2)17-4-5-24-19(29-17)15-7-26-18-8-25-16(11-32(15)18)20(21,22)23;20-19(21,22)15-12-29-14(9-25-17(29)10-24-15)18-23-6-4-16(27-18)28-7-1-3-13(11-28)30-8-2-5-26-30/h3-7,9-11,17,32H,8H2,1-2H3,(H,31,33);3-5,7-9,11-12H,1-2,6,10H2;3-8,11-13,28H,9-10H2,1-2H3;2,4-6,8-10,12-13H,1,3,7,11H2. The Labute approximate surface area is 732 Å². The largest absolute Gasteiger partial charge is 0.449 e.